The van der Waals surface area contributed by atoms with Gasteiger partial charge in [0, 0.05) is 31.2 Å². The Labute approximate surface area is 102 Å². The van der Waals surface area contributed by atoms with E-state index in [0.717, 1.165) is 30.9 Å². The molecule has 4 heteroatoms. The van der Waals surface area contributed by atoms with Crippen molar-refractivity contribution in [2.75, 3.05) is 18.0 Å². The number of pyridine rings is 1. The molecule has 17 heavy (non-hydrogen) atoms. The molecule has 1 saturated heterocycles. The maximum absolute atomic E-state index is 9.57. The number of hydrogen-bond donors (Lipinski definition) is 2. The Hall–Kier alpha value is -1.13. The van der Waals surface area contributed by atoms with Crippen molar-refractivity contribution in [3.8, 4) is 0 Å². The van der Waals surface area contributed by atoms with E-state index in [1.165, 1.54) is 0 Å². The summed E-state index contributed by atoms with van der Waals surface area (Å²) in [5, 5.41) is 9.57. The molecule has 0 radical (unpaired) electrons. The van der Waals surface area contributed by atoms with Crippen molar-refractivity contribution in [1.82, 2.24) is 4.98 Å². The summed E-state index contributed by atoms with van der Waals surface area (Å²) in [6.07, 6.45) is 2.65. The van der Waals surface area contributed by atoms with E-state index in [-0.39, 0.29) is 12.1 Å². The molecule has 2 rings (SSSR count). The molecule has 3 N–H and O–H groups in total. The van der Waals surface area contributed by atoms with Crippen LogP contribution in [0.4, 0.5) is 5.82 Å². The van der Waals surface area contributed by atoms with E-state index in [9.17, 15) is 5.11 Å². The lowest BCUT2D eigenvalue weighted by molar-refractivity contribution is 0.136. The first kappa shape index (κ1) is 12.3. The van der Waals surface area contributed by atoms with Gasteiger partial charge in [0.15, 0.2) is 0 Å². The van der Waals surface area contributed by atoms with Gasteiger partial charge in [-0.3, -0.25) is 0 Å². The van der Waals surface area contributed by atoms with Crippen LogP contribution in [0.5, 0.6) is 0 Å². The maximum Gasteiger partial charge on any atom is 0.128 e. The molecule has 1 fully saturated rings. The van der Waals surface area contributed by atoms with E-state index in [1.54, 1.807) is 0 Å². The van der Waals surface area contributed by atoms with E-state index in [1.807, 2.05) is 32.2 Å². The first-order chi connectivity index (χ1) is 8.08. The van der Waals surface area contributed by atoms with Gasteiger partial charge in [0.1, 0.15) is 5.82 Å². The highest BCUT2D eigenvalue weighted by Gasteiger charge is 2.26. The summed E-state index contributed by atoms with van der Waals surface area (Å²) in [6.45, 7) is 5.68. The summed E-state index contributed by atoms with van der Waals surface area (Å²) in [5.74, 6) is 1.35. The zero-order valence-electron chi connectivity index (χ0n) is 10.5. The first-order valence-electron chi connectivity index (χ1n) is 6.22. The lowest BCUT2D eigenvalue weighted by Crippen LogP contribution is -2.24. The van der Waals surface area contributed by atoms with Gasteiger partial charge < -0.3 is 15.7 Å². The number of aliphatic hydroxyl groups is 1. The minimum absolute atomic E-state index is 0.0281. The summed E-state index contributed by atoms with van der Waals surface area (Å²) in [5.41, 5.74) is 6.85. The molecule has 3 unspecified atom stereocenters. The monoisotopic (exact) mass is 235 g/mol. The smallest absolute Gasteiger partial charge is 0.128 e. The van der Waals surface area contributed by atoms with Crippen LogP contribution in [0.2, 0.25) is 0 Å². The molecule has 94 valence electrons. The number of nitrogens with two attached hydrogens (primary N) is 1. The molecule has 0 aromatic carbocycles. The first-order valence-corrected chi connectivity index (χ1v) is 6.22. The average Bonchev–Trinajstić information content (AvgIpc) is 2.78. The zero-order valence-corrected chi connectivity index (χ0v) is 10.5. The molecule has 0 spiro atoms. The lowest BCUT2D eigenvalue weighted by Gasteiger charge is -2.19. The molecule has 1 aromatic rings. The Morgan fingerprint density at radius 3 is 2.71 bits per heavy atom. The Morgan fingerprint density at radius 1 is 1.47 bits per heavy atom. The minimum Gasteiger partial charge on any atom is -0.393 e. The van der Waals surface area contributed by atoms with Gasteiger partial charge in [-0.05, 0) is 31.9 Å². The van der Waals surface area contributed by atoms with Crippen molar-refractivity contribution in [3.63, 3.8) is 0 Å². The lowest BCUT2D eigenvalue weighted by atomic mass is 10.0. The van der Waals surface area contributed by atoms with Crippen LogP contribution in [-0.2, 0) is 0 Å². The van der Waals surface area contributed by atoms with Gasteiger partial charge in [-0.1, -0.05) is 6.07 Å². The van der Waals surface area contributed by atoms with Crippen LogP contribution in [0, 0.1) is 5.92 Å². The minimum atomic E-state index is -0.233. The molecule has 2 heterocycles. The Morgan fingerprint density at radius 2 is 2.24 bits per heavy atom. The third kappa shape index (κ3) is 2.76. The molecule has 0 bridgehead atoms. The van der Waals surface area contributed by atoms with Crippen molar-refractivity contribution < 1.29 is 5.11 Å². The summed E-state index contributed by atoms with van der Waals surface area (Å²) in [7, 11) is 0. The second kappa shape index (κ2) is 5.02. The van der Waals surface area contributed by atoms with Gasteiger partial charge in [-0.25, -0.2) is 4.98 Å². The van der Waals surface area contributed by atoms with Crippen LogP contribution >= 0.6 is 0 Å². The molecular weight excluding hydrogens is 214 g/mol. The number of aromatic nitrogens is 1. The average molecular weight is 235 g/mol. The van der Waals surface area contributed by atoms with E-state index in [4.69, 9.17) is 5.73 Å². The molecule has 0 saturated carbocycles. The van der Waals surface area contributed by atoms with E-state index >= 15 is 0 Å². The van der Waals surface area contributed by atoms with E-state index in [0.29, 0.717) is 5.92 Å². The molecule has 1 aromatic heterocycles. The Balaban J connectivity index is 2.04. The van der Waals surface area contributed by atoms with E-state index in [2.05, 4.69) is 9.88 Å². The number of aliphatic hydroxyl groups excluding tert-OH is 1. The maximum atomic E-state index is 9.57. The normalized spacial score (nSPS) is 23.8. The van der Waals surface area contributed by atoms with Gasteiger partial charge in [0.2, 0.25) is 0 Å². The number of hydrogen-bond acceptors (Lipinski definition) is 4. The fourth-order valence-electron chi connectivity index (χ4n) is 2.24. The highest BCUT2D eigenvalue weighted by Crippen LogP contribution is 2.24. The van der Waals surface area contributed by atoms with E-state index < -0.39 is 0 Å². The fourth-order valence-corrected chi connectivity index (χ4v) is 2.24. The Kier molecular flexibility index (Phi) is 3.64. The molecule has 0 aliphatic carbocycles. The largest absolute Gasteiger partial charge is 0.393 e. The van der Waals surface area contributed by atoms with Crippen molar-refractivity contribution in [3.05, 3.63) is 23.9 Å². The molecule has 4 nitrogen and oxygen atoms in total. The predicted molar refractivity (Wildman–Crippen MR) is 68.8 cm³/mol. The summed E-state index contributed by atoms with van der Waals surface area (Å²) < 4.78 is 0. The summed E-state index contributed by atoms with van der Waals surface area (Å²) in [4.78, 5) is 6.66. The van der Waals surface area contributed by atoms with Gasteiger partial charge in [-0.2, -0.15) is 0 Å². The van der Waals surface area contributed by atoms with Crippen LogP contribution in [-0.4, -0.2) is 29.3 Å². The molecular formula is C13H21N3O. The standard InChI is InChI=1S/C13H21N3O/c1-9(14)11-3-4-13(15-7-11)16-6-5-12(8-16)10(2)17/h3-4,7,9-10,12,17H,5-6,8,14H2,1-2H3. The van der Waals surface area contributed by atoms with Crippen molar-refractivity contribution in [1.29, 1.82) is 0 Å². The van der Waals surface area contributed by atoms with Gasteiger partial charge in [0.25, 0.3) is 0 Å². The second-order valence-corrected chi connectivity index (χ2v) is 4.97. The topological polar surface area (TPSA) is 62.4 Å². The second-order valence-electron chi connectivity index (χ2n) is 4.97. The highest BCUT2D eigenvalue weighted by molar-refractivity contribution is 5.41. The predicted octanol–water partition coefficient (Wildman–Crippen LogP) is 1.31. The number of nitrogens with zero attached hydrogens (tertiary/aromatic N) is 2. The quantitative estimate of drug-likeness (QED) is 0.829. The Bertz CT molecular complexity index is 361. The van der Waals surface area contributed by atoms with Gasteiger partial charge >= 0.3 is 0 Å². The number of rotatable bonds is 3. The summed E-state index contributed by atoms with van der Waals surface area (Å²) >= 11 is 0. The van der Waals surface area contributed by atoms with Crippen LogP contribution < -0.4 is 10.6 Å². The van der Waals surface area contributed by atoms with Crippen LogP contribution in [0.15, 0.2) is 18.3 Å². The molecule has 3 atom stereocenters. The highest BCUT2D eigenvalue weighted by atomic mass is 16.3. The molecule has 0 amide bonds. The van der Waals surface area contributed by atoms with Crippen LogP contribution in [0.25, 0.3) is 0 Å². The van der Waals surface area contributed by atoms with Gasteiger partial charge in [-0.15, -0.1) is 0 Å². The van der Waals surface area contributed by atoms with Crippen molar-refractivity contribution in [2.24, 2.45) is 11.7 Å². The third-order valence-corrected chi connectivity index (χ3v) is 3.53. The molecule has 1 aliphatic rings. The number of anilines is 1. The zero-order chi connectivity index (χ0) is 12.4. The van der Waals surface area contributed by atoms with Crippen molar-refractivity contribution >= 4 is 5.82 Å². The fraction of sp³-hybridized carbons (Fsp3) is 0.615. The molecule has 1 aliphatic heterocycles. The van der Waals surface area contributed by atoms with Crippen LogP contribution in [0.3, 0.4) is 0 Å². The summed E-state index contributed by atoms with van der Waals surface area (Å²) in [6, 6.07) is 4.08. The SMILES string of the molecule is CC(N)c1ccc(N2CCC(C(C)O)C2)nc1. The van der Waals surface area contributed by atoms with Crippen molar-refractivity contribution in [2.45, 2.75) is 32.4 Å². The van der Waals surface area contributed by atoms with Gasteiger partial charge in [0.05, 0.1) is 6.10 Å². The third-order valence-electron chi connectivity index (χ3n) is 3.53. The van der Waals surface area contributed by atoms with Crippen LogP contribution in [0.1, 0.15) is 31.9 Å².